The number of hydrogen-bond acceptors (Lipinski definition) is 5. The number of piperazine rings is 1. The number of nitrogens with one attached hydrogen (secondary N) is 1. The van der Waals surface area contributed by atoms with Gasteiger partial charge in [-0.3, -0.25) is 0 Å². The molecule has 1 aliphatic heterocycles. The van der Waals surface area contributed by atoms with Gasteiger partial charge in [0.1, 0.15) is 5.82 Å². The average molecular weight is 368 g/mol. The summed E-state index contributed by atoms with van der Waals surface area (Å²) >= 11 is 0. The van der Waals surface area contributed by atoms with Crippen LogP contribution in [0.25, 0.3) is 0 Å². The summed E-state index contributed by atoms with van der Waals surface area (Å²) in [4.78, 5) is 14.2. The minimum absolute atomic E-state index is 0.450. The molecule has 1 aromatic carbocycles. The van der Waals surface area contributed by atoms with E-state index in [9.17, 15) is 0 Å². The van der Waals surface area contributed by atoms with Crippen molar-refractivity contribution in [3.63, 3.8) is 0 Å². The van der Waals surface area contributed by atoms with E-state index >= 15 is 0 Å². The molecule has 2 aromatic rings. The molecule has 1 N–H and O–H groups in total. The molecule has 0 atom stereocenters. The predicted octanol–water partition coefficient (Wildman–Crippen LogP) is 4.53. The van der Waals surface area contributed by atoms with E-state index in [0.29, 0.717) is 11.8 Å². The van der Waals surface area contributed by atoms with Crippen LogP contribution in [0.1, 0.15) is 56.4 Å². The van der Waals surface area contributed by atoms with Crippen LogP contribution in [-0.2, 0) is 0 Å². The van der Waals surface area contributed by atoms with Gasteiger partial charge in [-0.15, -0.1) is 0 Å². The lowest BCUT2D eigenvalue weighted by atomic mass is 9.92. The van der Waals surface area contributed by atoms with Crippen LogP contribution >= 0.6 is 0 Å². The van der Waals surface area contributed by atoms with Crippen molar-refractivity contribution in [2.24, 2.45) is 0 Å². The number of rotatable bonds is 5. The van der Waals surface area contributed by atoms with Crippen molar-refractivity contribution in [2.45, 2.75) is 46.5 Å². The first-order valence-corrected chi connectivity index (χ1v) is 10.0. The van der Waals surface area contributed by atoms with Crippen molar-refractivity contribution in [2.75, 3.05) is 43.4 Å². The Morgan fingerprint density at radius 3 is 2.07 bits per heavy atom. The van der Waals surface area contributed by atoms with Gasteiger partial charge in [0.2, 0.25) is 5.95 Å². The summed E-state index contributed by atoms with van der Waals surface area (Å²) in [5, 5.41) is 3.64. The van der Waals surface area contributed by atoms with Crippen LogP contribution in [0.15, 0.2) is 24.3 Å². The maximum atomic E-state index is 4.86. The van der Waals surface area contributed by atoms with Gasteiger partial charge in [-0.05, 0) is 36.9 Å². The van der Waals surface area contributed by atoms with Gasteiger partial charge < -0.3 is 15.1 Å². The number of para-hydroxylation sites is 1. The number of nitrogens with zero attached hydrogens (tertiary/aromatic N) is 4. The maximum Gasteiger partial charge on any atom is 0.227 e. The first kappa shape index (κ1) is 19.6. The second kappa shape index (κ2) is 8.26. The highest BCUT2D eigenvalue weighted by molar-refractivity contribution is 5.67. The highest BCUT2D eigenvalue weighted by Gasteiger charge is 2.19. The maximum absolute atomic E-state index is 4.86. The van der Waals surface area contributed by atoms with E-state index in [-0.39, 0.29) is 0 Å². The molecule has 5 heteroatoms. The molecular weight excluding hydrogens is 334 g/mol. The molecule has 1 fully saturated rings. The summed E-state index contributed by atoms with van der Waals surface area (Å²) in [6.45, 7) is 15.1. The zero-order valence-electron chi connectivity index (χ0n) is 17.6. The van der Waals surface area contributed by atoms with E-state index in [4.69, 9.17) is 9.97 Å². The molecule has 0 radical (unpaired) electrons. The molecule has 5 nitrogen and oxygen atoms in total. The van der Waals surface area contributed by atoms with Gasteiger partial charge in [0.25, 0.3) is 0 Å². The van der Waals surface area contributed by atoms with Crippen molar-refractivity contribution in [3.05, 3.63) is 41.1 Å². The third-order valence-electron chi connectivity index (χ3n) is 5.25. The normalized spacial score (nSPS) is 15.6. The van der Waals surface area contributed by atoms with Gasteiger partial charge in [0, 0.05) is 43.6 Å². The Hall–Kier alpha value is -2.14. The van der Waals surface area contributed by atoms with E-state index in [2.05, 4.69) is 68.1 Å². The summed E-state index contributed by atoms with van der Waals surface area (Å²) in [5.41, 5.74) is 4.86. The monoisotopic (exact) mass is 367 g/mol. The first-order chi connectivity index (χ1) is 12.8. The third-order valence-corrected chi connectivity index (χ3v) is 5.25. The summed E-state index contributed by atoms with van der Waals surface area (Å²) in [6, 6.07) is 8.64. The molecule has 27 heavy (non-hydrogen) atoms. The molecule has 3 rings (SSSR count). The summed E-state index contributed by atoms with van der Waals surface area (Å²) < 4.78 is 0. The molecule has 1 aliphatic rings. The van der Waals surface area contributed by atoms with E-state index in [1.165, 1.54) is 16.8 Å². The zero-order valence-corrected chi connectivity index (χ0v) is 17.6. The average Bonchev–Trinajstić information content (AvgIpc) is 2.61. The highest BCUT2D eigenvalue weighted by Crippen LogP contribution is 2.34. The number of hydrogen-bond donors (Lipinski definition) is 1. The van der Waals surface area contributed by atoms with Crippen LogP contribution in [0.5, 0.6) is 0 Å². The molecule has 1 saturated heterocycles. The van der Waals surface area contributed by atoms with Crippen LogP contribution in [0.3, 0.4) is 0 Å². The molecule has 0 spiro atoms. The quantitative estimate of drug-likeness (QED) is 0.841. The molecule has 0 aliphatic carbocycles. The largest absolute Gasteiger partial charge is 0.340 e. The number of aromatic nitrogens is 2. The lowest BCUT2D eigenvalue weighted by Crippen LogP contribution is -2.45. The minimum Gasteiger partial charge on any atom is -0.340 e. The van der Waals surface area contributed by atoms with Crippen molar-refractivity contribution in [1.29, 1.82) is 0 Å². The molecule has 1 aromatic heterocycles. The number of likely N-dealkylation sites (N-methyl/N-ethyl adjacent to an activating group) is 1. The molecule has 0 saturated carbocycles. The standard InChI is InChI=1S/C22H33N5/c1-15(2)18-8-7-9-19(16(3)4)21(18)24-20-14-17(5)23-22(25-20)27-12-10-26(6)11-13-27/h7-9,14-16H,10-13H2,1-6H3,(H,23,24,25). The molecule has 0 bridgehead atoms. The summed E-state index contributed by atoms with van der Waals surface area (Å²) in [7, 11) is 2.16. The minimum atomic E-state index is 0.450. The lowest BCUT2D eigenvalue weighted by molar-refractivity contribution is 0.311. The van der Waals surface area contributed by atoms with E-state index < -0.39 is 0 Å². The van der Waals surface area contributed by atoms with Crippen LogP contribution in [-0.4, -0.2) is 48.1 Å². The van der Waals surface area contributed by atoms with Gasteiger partial charge in [-0.25, -0.2) is 4.98 Å². The van der Waals surface area contributed by atoms with E-state index in [1.54, 1.807) is 0 Å². The van der Waals surface area contributed by atoms with Crippen molar-refractivity contribution in [3.8, 4) is 0 Å². The predicted molar refractivity (Wildman–Crippen MR) is 114 cm³/mol. The van der Waals surface area contributed by atoms with E-state index in [0.717, 1.165) is 43.6 Å². The Morgan fingerprint density at radius 1 is 0.926 bits per heavy atom. The molecule has 2 heterocycles. The molecular formula is C22H33N5. The Bertz CT molecular complexity index is 750. The Labute approximate surface area is 163 Å². The zero-order chi connectivity index (χ0) is 19.6. The fourth-order valence-electron chi connectivity index (χ4n) is 3.59. The molecule has 0 amide bonds. The summed E-state index contributed by atoms with van der Waals surface area (Å²) in [5.74, 6) is 2.61. The van der Waals surface area contributed by atoms with Crippen molar-refractivity contribution >= 4 is 17.5 Å². The smallest absolute Gasteiger partial charge is 0.227 e. The van der Waals surface area contributed by atoms with Gasteiger partial charge in [-0.2, -0.15) is 4.98 Å². The van der Waals surface area contributed by atoms with Gasteiger partial charge >= 0.3 is 0 Å². The molecule has 0 unspecified atom stereocenters. The van der Waals surface area contributed by atoms with Crippen LogP contribution in [0.4, 0.5) is 17.5 Å². The summed E-state index contributed by atoms with van der Waals surface area (Å²) in [6.07, 6.45) is 0. The number of anilines is 3. The van der Waals surface area contributed by atoms with E-state index in [1.807, 2.05) is 13.0 Å². The third kappa shape index (κ3) is 4.59. The number of benzene rings is 1. The Kier molecular flexibility index (Phi) is 6.00. The Morgan fingerprint density at radius 2 is 1.52 bits per heavy atom. The first-order valence-electron chi connectivity index (χ1n) is 10.0. The van der Waals surface area contributed by atoms with Crippen LogP contribution in [0.2, 0.25) is 0 Å². The second-order valence-electron chi connectivity index (χ2n) is 8.23. The van der Waals surface area contributed by atoms with Crippen molar-refractivity contribution < 1.29 is 0 Å². The lowest BCUT2D eigenvalue weighted by Gasteiger charge is -2.32. The molecule has 146 valence electrons. The van der Waals surface area contributed by atoms with Gasteiger partial charge in [0.05, 0.1) is 0 Å². The second-order valence-corrected chi connectivity index (χ2v) is 8.23. The van der Waals surface area contributed by atoms with Crippen LogP contribution < -0.4 is 10.2 Å². The van der Waals surface area contributed by atoms with Crippen LogP contribution in [0, 0.1) is 6.92 Å². The van der Waals surface area contributed by atoms with Gasteiger partial charge in [-0.1, -0.05) is 45.9 Å². The van der Waals surface area contributed by atoms with Crippen molar-refractivity contribution in [1.82, 2.24) is 14.9 Å². The fraction of sp³-hybridized carbons (Fsp3) is 0.545. The van der Waals surface area contributed by atoms with Gasteiger partial charge in [0.15, 0.2) is 0 Å². The fourth-order valence-corrected chi connectivity index (χ4v) is 3.59. The SMILES string of the molecule is Cc1cc(Nc2c(C(C)C)cccc2C(C)C)nc(N2CCN(C)CC2)n1. The number of aryl methyl sites for hydroxylation is 1. The topological polar surface area (TPSA) is 44.3 Å². The highest BCUT2D eigenvalue weighted by atomic mass is 15.3. The Balaban J connectivity index is 1.94.